The van der Waals surface area contributed by atoms with Gasteiger partial charge in [-0.2, -0.15) is 8.61 Å². The van der Waals surface area contributed by atoms with E-state index < -0.39 is 20.0 Å². The van der Waals surface area contributed by atoms with Crippen LogP contribution >= 0.6 is 0 Å². The van der Waals surface area contributed by atoms with Gasteiger partial charge in [0.1, 0.15) is 0 Å². The molecule has 0 bridgehead atoms. The summed E-state index contributed by atoms with van der Waals surface area (Å²) in [5, 5.41) is 1.48. The van der Waals surface area contributed by atoms with Crippen LogP contribution in [0.25, 0.3) is 10.8 Å². The molecule has 0 amide bonds. The Labute approximate surface area is 253 Å². The molecule has 0 saturated carbocycles. The van der Waals surface area contributed by atoms with E-state index in [0.717, 1.165) is 69.1 Å². The molecule has 0 unspecified atom stereocenters. The molecule has 0 spiro atoms. The fourth-order valence-electron chi connectivity index (χ4n) is 7.50. The van der Waals surface area contributed by atoms with E-state index >= 15 is 0 Å². The van der Waals surface area contributed by atoms with Gasteiger partial charge in [-0.3, -0.25) is 0 Å². The van der Waals surface area contributed by atoms with Gasteiger partial charge in [0.15, 0.2) is 0 Å². The predicted octanol–water partition coefficient (Wildman–Crippen LogP) is 4.61. The third kappa shape index (κ3) is 6.31. The zero-order chi connectivity index (χ0) is 29.5. The quantitative estimate of drug-likeness (QED) is 0.472. The first-order valence-corrected chi connectivity index (χ1v) is 19.0. The molecule has 10 heteroatoms. The van der Waals surface area contributed by atoms with Crippen molar-refractivity contribution in [3.05, 3.63) is 36.4 Å². The maximum absolute atomic E-state index is 13.6. The highest BCUT2D eigenvalue weighted by atomic mass is 32.2. The molecule has 42 heavy (non-hydrogen) atoms. The second-order valence-corrected chi connectivity index (χ2v) is 17.3. The number of benzene rings is 2. The molecule has 0 radical (unpaired) electrons. The lowest BCUT2D eigenvalue weighted by molar-refractivity contribution is 0.101. The topological polar surface area (TPSA) is 81.2 Å². The van der Waals surface area contributed by atoms with Crippen LogP contribution in [-0.4, -0.2) is 99.7 Å². The first-order chi connectivity index (χ1) is 20.1. The number of sulfonamides is 2. The third-order valence-electron chi connectivity index (χ3n) is 10.6. The van der Waals surface area contributed by atoms with E-state index in [1.807, 2.05) is 0 Å². The SMILES string of the molecule is CC1CCN(C2CCN(S(=O)(=O)c3ccc4ccc(S(=O)(=O)N5CCC(N6CCC(C)CC6)CC5)cc4c3)CC2)CC1. The molecule has 0 aliphatic carbocycles. The van der Waals surface area contributed by atoms with Crippen molar-refractivity contribution in [2.75, 3.05) is 52.4 Å². The van der Waals surface area contributed by atoms with Crippen molar-refractivity contribution in [1.82, 2.24) is 18.4 Å². The number of nitrogens with zero attached hydrogens (tertiary/aromatic N) is 4. The Balaban J connectivity index is 1.12. The highest BCUT2D eigenvalue weighted by Gasteiger charge is 2.34. The van der Waals surface area contributed by atoms with E-state index in [0.29, 0.717) is 43.6 Å². The van der Waals surface area contributed by atoms with Crippen LogP contribution in [0.2, 0.25) is 0 Å². The minimum Gasteiger partial charge on any atom is -0.300 e. The summed E-state index contributed by atoms with van der Waals surface area (Å²) < 4.78 is 57.8. The Morgan fingerprint density at radius 2 is 0.857 bits per heavy atom. The summed E-state index contributed by atoms with van der Waals surface area (Å²) in [4.78, 5) is 5.59. The first-order valence-electron chi connectivity index (χ1n) is 16.1. The van der Waals surface area contributed by atoms with Gasteiger partial charge in [-0.15, -0.1) is 0 Å². The van der Waals surface area contributed by atoms with E-state index in [1.54, 1.807) is 45.0 Å². The monoisotopic (exact) mass is 616 g/mol. The van der Waals surface area contributed by atoms with Crippen LogP contribution in [0.3, 0.4) is 0 Å². The Hall–Kier alpha value is -1.56. The highest BCUT2D eigenvalue weighted by Crippen LogP contribution is 2.31. The zero-order valence-corrected chi connectivity index (χ0v) is 27.0. The lowest BCUT2D eigenvalue weighted by Gasteiger charge is -2.41. The van der Waals surface area contributed by atoms with Gasteiger partial charge in [-0.1, -0.05) is 26.0 Å². The molecule has 4 saturated heterocycles. The normalized spacial score (nSPS) is 24.9. The lowest BCUT2D eigenvalue weighted by Crippen LogP contribution is -2.48. The summed E-state index contributed by atoms with van der Waals surface area (Å²) in [5.41, 5.74) is 0. The molecule has 8 nitrogen and oxygen atoms in total. The maximum atomic E-state index is 13.6. The van der Waals surface area contributed by atoms with Crippen molar-refractivity contribution in [2.45, 2.75) is 87.1 Å². The van der Waals surface area contributed by atoms with Crippen LogP contribution in [0.15, 0.2) is 46.2 Å². The second kappa shape index (κ2) is 12.4. The summed E-state index contributed by atoms with van der Waals surface area (Å²) in [6, 6.07) is 11.2. The molecular formula is C32H48N4O4S2. The Morgan fingerprint density at radius 3 is 1.21 bits per heavy atom. The molecule has 2 aromatic carbocycles. The van der Waals surface area contributed by atoms with Gasteiger partial charge in [0.05, 0.1) is 9.79 Å². The number of hydrogen-bond acceptors (Lipinski definition) is 6. The average Bonchev–Trinajstić information content (AvgIpc) is 3.01. The standard InChI is InChI=1S/C32H48N4O4S2/c1-25-7-15-33(16-8-25)29-11-19-35(20-12-29)41(37,38)31-5-3-27-4-6-32(24-28(27)23-31)42(39,40)36-21-13-30(14-22-36)34-17-9-26(2)10-18-34/h3-6,23-26,29-30H,7-22H2,1-2H3. The summed E-state index contributed by atoms with van der Waals surface area (Å²) in [7, 11) is -7.31. The molecular weight excluding hydrogens is 569 g/mol. The van der Waals surface area contributed by atoms with Gasteiger partial charge in [0, 0.05) is 38.3 Å². The summed E-state index contributed by atoms with van der Waals surface area (Å²) in [5.74, 6) is 1.57. The number of piperidine rings is 4. The van der Waals surface area contributed by atoms with Crippen molar-refractivity contribution in [3.63, 3.8) is 0 Å². The molecule has 4 aliphatic heterocycles. The fraction of sp³-hybridized carbons (Fsp3) is 0.688. The molecule has 2 aromatic rings. The molecule has 6 rings (SSSR count). The maximum Gasteiger partial charge on any atom is 0.243 e. The Kier molecular flexibility index (Phi) is 9.02. The van der Waals surface area contributed by atoms with Crippen LogP contribution < -0.4 is 0 Å². The molecule has 4 heterocycles. The molecule has 4 fully saturated rings. The van der Waals surface area contributed by atoms with Gasteiger partial charge in [-0.05, 0) is 124 Å². The van der Waals surface area contributed by atoms with Gasteiger partial charge in [0.25, 0.3) is 0 Å². The van der Waals surface area contributed by atoms with Crippen LogP contribution in [0.5, 0.6) is 0 Å². The summed E-state index contributed by atoms with van der Waals surface area (Å²) in [6.45, 7) is 11.2. The van der Waals surface area contributed by atoms with Gasteiger partial charge >= 0.3 is 0 Å². The predicted molar refractivity (Wildman–Crippen MR) is 167 cm³/mol. The van der Waals surface area contributed by atoms with Crippen molar-refractivity contribution < 1.29 is 16.8 Å². The van der Waals surface area contributed by atoms with E-state index in [1.165, 1.54) is 25.7 Å². The Bertz CT molecular complexity index is 1340. The number of likely N-dealkylation sites (tertiary alicyclic amines) is 2. The number of hydrogen-bond donors (Lipinski definition) is 0. The van der Waals surface area contributed by atoms with Gasteiger partial charge in [0.2, 0.25) is 20.0 Å². The van der Waals surface area contributed by atoms with Crippen molar-refractivity contribution >= 4 is 30.8 Å². The molecule has 232 valence electrons. The van der Waals surface area contributed by atoms with Gasteiger partial charge < -0.3 is 9.80 Å². The largest absolute Gasteiger partial charge is 0.300 e. The van der Waals surface area contributed by atoms with E-state index in [4.69, 9.17) is 0 Å². The second-order valence-electron chi connectivity index (χ2n) is 13.4. The zero-order valence-electron chi connectivity index (χ0n) is 25.3. The average molecular weight is 617 g/mol. The smallest absolute Gasteiger partial charge is 0.243 e. The van der Waals surface area contributed by atoms with Crippen molar-refractivity contribution in [2.24, 2.45) is 11.8 Å². The minimum absolute atomic E-state index is 0.242. The third-order valence-corrected chi connectivity index (χ3v) is 14.4. The highest BCUT2D eigenvalue weighted by molar-refractivity contribution is 7.89. The van der Waals surface area contributed by atoms with E-state index in [-0.39, 0.29) is 9.79 Å². The van der Waals surface area contributed by atoms with Crippen LogP contribution in [-0.2, 0) is 20.0 Å². The van der Waals surface area contributed by atoms with Gasteiger partial charge in [-0.25, -0.2) is 16.8 Å². The van der Waals surface area contributed by atoms with E-state index in [9.17, 15) is 16.8 Å². The fourth-order valence-corrected chi connectivity index (χ4v) is 10.5. The van der Waals surface area contributed by atoms with Crippen molar-refractivity contribution in [3.8, 4) is 0 Å². The molecule has 0 N–H and O–H groups in total. The number of rotatable bonds is 6. The first kappa shape index (κ1) is 30.5. The molecule has 0 atom stereocenters. The lowest BCUT2D eigenvalue weighted by atomic mass is 9.95. The minimum atomic E-state index is -3.66. The van der Waals surface area contributed by atoms with Crippen LogP contribution in [0, 0.1) is 11.8 Å². The number of fused-ring (bicyclic) bond motifs is 1. The molecule has 0 aromatic heterocycles. The summed E-state index contributed by atoms with van der Waals surface area (Å²) in [6.07, 6.45) is 8.34. The van der Waals surface area contributed by atoms with Crippen molar-refractivity contribution in [1.29, 1.82) is 0 Å². The molecule has 4 aliphatic rings. The Morgan fingerprint density at radius 1 is 0.500 bits per heavy atom. The van der Waals surface area contributed by atoms with Crippen LogP contribution in [0.1, 0.15) is 65.2 Å². The van der Waals surface area contributed by atoms with E-state index in [2.05, 4.69) is 23.6 Å². The van der Waals surface area contributed by atoms with Crippen LogP contribution in [0.4, 0.5) is 0 Å². The summed E-state index contributed by atoms with van der Waals surface area (Å²) >= 11 is 0.